The van der Waals surface area contributed by atoms with E-state index in [4.69, 9.17) is 16.0 Å². The first-order chi connectivity index (χ1) is 9.68. The van der Waals surface area contributed by atoms with E-state index in [1.165, 1.54) is 17.2 Å². The topological polar surface area (TPSA) is 62.6 Å². The lowest BCUT2D eigenvalue weighted by atomic mass is 10.1. The van der Waals surface area contributed by atoms with Crippen molar-refractivity contribution in [2.45, 2.75) is 0 Å². The Balaban J connectivity index is 2.06. The van der Waals surface area contributed by atoms with Crippen molar-refractivity contribution in [2.75, 3.05) is 18.0 Å². The predicted octanol–water partition coefficient (Wildman–Crippen LogP) is 2.32. The van der Waals surface area contributed by atoms with E-state index in [0.717, 1.165) is 0 Å². The van der Waals surface area contributed by atoms with Crippen LogP contribution in [0.1, 0.15) is 20.7 Å². The molecule has 2 amide bonds. The Bertz CT molecular complexity index is 681. The van der Waals surface area contributed by atoms with E-state index >= 15 is 0 Å². The molecule has 2 aromatic rings. The van der Waals surface area contributed by atoms with Gasteiger partial charge in [0.25, 0.3) is 11.8 Å². The molecule has 0 saturated carbocycles. The quantitative estimate of drug-likeness (QED) is 0.877. The first-order valence-corrected chi connectivity index (χ1v) is 6.48. The molecule has 0 spiro atoms. The third-order valence-corrected chi connectivity index (χ3v) is 3.45. The number of rotatable bonds is 1. The Labute approximate surface area is 120 Å². The van der Waals surface area contributed by atoms with Gasteiger partial charge in [-0.15, -0.1) is 0 Å². The molecule has 2 heterocycles. The summed E-state index contributed by atoms with van der Waals surface area (Å²) in [5.74, 6) is -0.470. The van der Waals surface area contributed by atoms with Crippen molar-refractivity contribution in [3.05, 3.63) is 52.9 Å². The Morgan fingerprint density at radius 2 is 2.10 bits per heavy atom. The Morgan fingerprint density at radius 3 is 2.85 bits per heavy atom. The van der Waals surface area contributed by atoms with Crippen molar-refractivity contribution in [3.8, 4) is 0 Å². The lowest BCUT2D eigenvalue weighted by molar-refractivity contribution is 0.0953. The van der Waals surface area contributed by atoms with Gasteiger partial charge < -0.3 is 14.6 Å². The number of carbonyl (C=O) groups excluding carboxylic acids is 2. The molecule has 0 unspecified atom stereocenters. The lowest BCUT2D eigenvalue weighted by Crippen LogP contribution is -2.35. The Hall–Kier alpha value is -2.27. The van der Waals surface area contributed by atoms with Gasteiger partial charge >= 0.3 is 0 Å². The van der Waals surface area contributed by atoms with Gasteiger partial charge in [-0.05, 0) is 29.8 Å². The highest BCUT2D eigenvalue weighted by molar-refractivity contribution is 6.33. The number of para-hydroxylation sites is 1. The molecule has 0 saturated heterocycles. The van der Waals surface area contributed by atoms with Crippen LogP contribution < -0.4 is 10.2 Å². The molecule has 1 aliphatic heterocycles. The normalized spacial score (nSPS) is 14.4. The molecule has 1 N–H and O–H groups in total. The predicted molar refractivity (Wildman–Crippen MR) is 74.2 cm³/mol. The number of nitrogens with one attached hydrogen (secondary N) is 1. The van der Waals surface area contributed by atoms with Crippen LogP contribution in [0.3, 0.4) is 0 Å². The molecule has 3 rings (SSSR count). The number of hydrogen-bond acceptors (Lipinski definition) is 3. The third kappa shape index (κ3) is 2.06. The van der Waals surface area contributed by atoms with Crippen molar-refractivity contribution < 1.29 is 14.0 Å². The molecule has 20 heavy (non-hydrogen) atoms. The number of carbonyl (C=O) groups is 2. The van der Waals surface area contributed by atoms with Gasteiger partial charge in [0, 0.05) is 13.1 Å². The monoisotopic (exact) mass is 290 g/mol. The summed E-state index contributed by atoms with van der Waals surface area (Å²) in [6, 6.07) is 8.50. The Kier molecular flexibility index (Phi) is 3.20. The number of furan rings is 1. The van der Waals surface area contributed by atoms with Gasteiger partial charge in [0.15, 0.2) is 0 Å². The van der Waals surface area contributed by atoms with Gasteiger partial charge in [-0.3, -0.25) is 9.59 Å². The molecule has 102 valence electrons. The molecule has 1 aliphatic rings. The summed E-state index contributed by atoms with van der Waals surface area (Å²) in [4.78, 5) is 26.0. The van der Waals surface area contributed by atoms with Crippen LogP contribution in [0.25, 0.3) is 0 Å². The minimum Gasteiger partial charge on any atom is -0.452 e. The van der Waals surface area contributed by atoms with Crippen LogP contribution in [0.4, 0.5) is 5.69 Å². The summed E-state index contributed by atoms with van der Waals surface area (Å²) in [5, 5.41) is 2.81. The number of nitrogens with zero attached hydrogens (tertiary/aromatic N) is 1. The van der Waals surface area contributed by atoms with Gasteiger partial charge in [-0.2, -0.15) is 0 Å². The minimum absolute atomic E-state index is 0.0519. The summed E-state index contributed by atoms with van der Waals surface area (Å²) in [7, 11) is 0. The van der Waals surface area contributed by atoms with Crippen LogP contribution in [0.5, 0.6) is 0 Å². The average Bonchev–Trinajstić information content (AvgIpc) is 2.81. The Morgan fingerprint density at radius 1 is 1.30 bits per heavy atom. The molecule has 6 heteroatoms. The average molecular weight is 291 g/mol. The van der Waals surface area contributed by atoms with Crippen LogP contribution in [-0.2, 0) is 0 Å². The summed E-state index contributed by atoms with van der Waals surface area (Å²) < 4.78 is 4.95. The van der Waals surface area contributed by atoms with Crippen LogP contribution >= 0.6 is 11.6 Å². The number of benzene rings is 1. The van der Waals surface area contributed by atoms with Crippen molar-refractivity contribution in [1.82, 2.24) is 5.32 Å². The zero-order valence-electron chi connectivity index (χ0n) is 10.4. The van der Waals surface area contributed by atoms with Crippen LogP contribution in [0.15, 0.2) is 41.0 Å². The largest absolute Gasteiger partial charge is 0.452 e. The zero-order valence-corrected chi connectivity index (χ0v) is 11.2. The first-order valence-electron chi connectivity index (χ1n) is 6.10. The van der Waals surface area contributed by atoms with Gasteiger partial charge in [0.2, 0.25) is 5.22 Å². The van der Waals surface area contributed by atoms with Gasteiger partial charge in [-0.25, -0.2) is 0 Å². The van der Waals surface area contributed by atoms with Crippen molar-refractivity contribution >= 4 is 29.1 Å². The van der Waals surface area contributed by atoms with Crippen LogP contribution in [-0.4, -0.2) is 24.9 Å². The van der Waals surface area contributed by atoms with E-state index in [1.54, 1.807) is 24.3 Å². The molecule has 0 atom stereocenters. The molecule has 0 fully saturated rings. The fourth-order valence-electron chi connectivity index (χ4n) is 2.20. The summed E-state index contributed by atoms with van der Waals surface area (Å²) >= 11 is 5.85. The number of halogens is 1. The molecule has 5 nitrogen and oxygen atoms in total. The number of anilines is 1. The molecule has 0 radical (unpaired) electrons. The molecular formula is C14H11ClN2O3. The highest BCUT2D eigenvalue weighted by atomic mass is 35.5. The van der Waals surface area contributed by atoms with E-state index in [9.17, 15) is 9.59 Å². The lowest BCUT2D eigenvalue weighted by Gasteiger charge is -2.21. The summed E-state index contributed by atoms with van der Waals surface area (Å²) in [5.41, 5.74) is 1.33. The third-order valence-electron chi connectivity index (χ3n) is 3.15. The fraction of sp³-hybridized carbons (Fsp3) is 0.143. The van der Waals surface area contributed by atoms with E-state index in [2.05, 4.69) is 5.32 Å². The standard InChI is InChI=1S/C14H11ClN2O3/c15-12-10(5-8-20-12)14(19)17-7-6-16-13(18)9-3-1-2-4-11(9)17/h1-5,8H,6-7H2,(H,16,18). The molecule has 1 aromatic carbocycles. The zero-order chi connectivity index (χ0) is 14.1. The summed E-state index contributed by atoms with van der Waals surface area (Å²) in [6.45, 7) is 0.762. The molecule has 0 bridgehead atoms. The fourth-order valence-corrected chi connectivity index (χ4v) is 2.40. The molecule has 1 aromatic heterocycles. The van der Waals surface area contributed by atoms with Crippen molar-refractivity contribution in [2.24, 2.45) is 0 Å². The van der Waals surface area contributed by atoms with Crippen molar-refractivity contribution in [1.29, 1.82) is 0 Å². The molecule has 0 aliphatic carbocycles. The van der Waals surface area contributed by atoms with E-state index in [0.29, 0.717) is 24.3 Å². The van der Waals surface area contributed by atoms with Gasteiger partial charge in [0.05, 0.1) is 23.1 Å². The highest BCUT2D eigenvalue weighted by Gasteiger charge is 2.27. The van der Waals surface area contributed by atoms with Gasteiger partial charge in [0.1, 0.15) is 0 Å². The van der Waals surface area contributed by atoms with E-state index in [1.807, 2.05) is 0 Å². The number of fused-ring (bicyclic) bond motifs is 1. The van der Waals surface area contributed by atoms with Crippen LogP contribution in [0, 0.1) is 0 Å². The maximum absolute atomic E-state index is 12.5. The first kappa shape index (κ1) is 12.7. The molecular weight excluding hydrogens is 280 g/mol. The van der Waals surface area contributed by atoms with Crippen LogP contribution in [0.2, 0.25) is 5.22 Å². The van der Waals surface area contributed by atoms with E-state index in [-0.39, 0.29) is 22.6 Å². The second kappa shape index (κ2) is 5.02. The SMILES string of the molecule is O=C1NCCN(C(=O)c2ccoc2Cl)c2ccccc21. The maximum Gasteiger partial charge on any atom is 0.263 e. The number of amides is 2. The summed E-state index contributed by atoms with van der Waals surface area (Å²) in [6.07, 6.45) is 1.36. The second-order valence-electron chi connectivity index (χ2n) is 4.34. The highest BCUT2D eigenvalue weighted by Crippen LogP contribution is 2.26. The minimum atomic E-state index is -0.285. The van der Waals surface area contributed by atoms with Gasteiger partial charge in [-0.1, -0.05) is 12.1 Å². The smallest absolute Gasteiger partial charge is 0.263 e. The van der Waals surface area contributed by atoms with Crippen molar-refractivity contribution in [3.63, 3.8) is 0 Å². The number of hydrogen-bond donors (Lipinski definition) is 1. The van der Waals surface area contributed by atoms with E-state index < -0.39 is 0 Å². The second-order valence-corrected chi connectivity index (χ2v) is 4.68. The maximum atomic E-state index is 12.5.